The molecule has 76 valence electrons. The lowest BCUT2D eigenvalue weighted by Crippen LogP contribution is -2.18. The summed E-state index contributed by atoms with van der Waals surface area (Å²) < 4.78 is 1.99. The molecule has 0 N–H and O–H groups in total. The van der Waals surface area contributed by atoms with E-state index in [-0.39, 0.29) is 0 Å². The van der Waals surface area contributed by atoms with Crippen LogP contribution in [0.1, 0.15) is 17.3 Å². The number of aryl methyl sites for hydroxylation is 2. The maximum Gasteiger partial charge on any atom is 0.0664 e. The predicted octanol–water partition coefficient (Wildman–Crippen LogP) is 1.00. The van der Waals surface area contributed by atoms with Crippen molar-refractivity contribution in [3.63, 3.8) is 0 Å². The molecule has 2 aliphatic rings. The standard InChI is InChI=1S/C11H17N3/c1-7-4-10(12-14(7)3)11-8-5-13(2)6-9(8)11/h4,8-9,11H,5-6H2,1-3H3. The molecule has 14 heavy (non-hydrogen) atoms. The lowest BCUT2D eigenvalue weighted by Gasteiger charge is -2.11. The van der Waals surface area contributed by atoms with Gasteiger partial charge in [0.05, 0.1) is 5.69 Å². The highest BCUT2D eigenvalue weighted by Gasteiger charge is 2.56. The van der Waals surface area contributed by atoms with Crippen LogP contribution in [0.2, 0.25) is 0 Å². The SMILES string of the molecule is Cc1cc(C2C3CN(C)CC32)nn1C. The van der Waals surface area contributed by atoms with Gasteiger partial charge in [-0.2, -0.15) is 5.10 Å². The van der Waals surface area contributed by atoms with Crippen molar-refractivity contribution in [1.82, 2.24) is 14.7 Å². The maximum absolute atomic E-state index is 4.58. The van der Waals surface area contributed by atoms with Gasteiger partial charge in [0.1, 0.15) is 0 Å². The molecule has 1 saturated carbocycles. The van der Waals surface area contributed by atoms with Crippen molar-refractivity contribution < 1.29 is 0 Å². The molecule has 1 saturated heterocycles. The minimum Gasteiger partial charge on any atom is -0.306 e. The molecule has 0 spiro atoms. The average molecular weight is 191 g/mol. The topological polar surface area (TPSA) is 21.1 Å². The number of rotatable bonds is 1. The first-order valence-corrected chi connectivity index (χ1v) is 5.36. The minimum atomic E-state index is 0.770. The molecule has 1 aromatic heterocycles. The lowest BCUT2D eigenvalue weighted by molar-refractivity contribution is 0.361. The Morgan fingerprint density at radius 1 is 1.29 bits per heavy atom. The third-order valence-electron chi connectivity index (χ3n) is 3.85. The van der Waals surface area contributed by atoms with E-state index < -0.39 is 0 Å². The summed E-state index contributed by atoms with van der Waals surface area (Å²) in [5.41, 5.74) is 2.60. The average Bonchev–Trinajstić information content (AvgIpc) is 2.48. The second kappa shape index (κ2) is 2.60. The Labute approximate surface area is 84.7 Å². The Kier molecular flexibility index (Phi) is 1.57. The molecule has 1 aliphatic carbocycles. The van der Waals surface area contributed by atoms with Crippen LogP contribution in [0.4, 0.5) is 0 Å². The summed E-state index contributed by atoms with van der Waals surface area (Å²) in [5.74, 6) is 2.56. The molecule has 0 amide bonds. The molecule has 0 radical (unpaired) electrons. The highest BCUT2D eigenvalue weighted by Crippen LogP contribution is 2.57. The van der Waals surface area contributed by atoms with Crippen LogP contribution in [0.3, 0.4) is 0 Å². The monoisotopic (exact) mass is 191 g/mol. The first-order valence-electron chi connectivity index (χ1n) is 5.36. The van der Waals surface area contributed by atoms with Gasteiger partial charge in [0.25, 0.3) is 0 Å². The summed E-state index contributed by atoms with van der Waals surface area (Å²) in [4.78, 5) is 2.43. The number of hydrogen-bond donors (Lipinski definition) is 0. The number of nitrogens with zero attached hydrogens (tertiary/aromatic N) is 3. The number of hydrogen-bond acceptors (Lipinski definition) is 2. The zero-order valence-electron chi connectivity index (χ0n) is 9.07. The van der Waals surface area contributed by atoms with E-state index in [1.165, 1.54) is 24.5 Å². The van der Waals surface area contributed by atoms with E-state index in [1.54, 1.807) is 0 Å². The Hall–Kier alpha value is -0.830. The third-order valence-corrected chi connectivity index (χ3v) is 3.85. The van der Waals surface area contributed by atoms with Gasteiger partial charge in [-0.05, 0) is 31.9 Å². The highest BCUT2D eigenvalue weighted by atomic mass is 15.3. The molecule has 0 bridgehead atoms. The fourth-order valence-electron chi connectivity index (χ4n) is 2.93. The van der Waals surface area contributed by atoms with E-state index in [0.717, 1.165) is 17.8 Å². The second-order valence-corrected chi connectivity index (χ2v) is 4.91. The van der Waals surface area contributed by atoms with Crippen molar-refractivity contribution in [2.24, 2.45) is 18.9 Å². The van der Waals surface area contributed by atoms with Crippen LogP contribution in [0.5, 0.6) is 0 Å². The molecule has 1 aliphatic heterocycles. The molecule has 3 rings (SSSR count). The van der Waals surface area contributed by atoms with E-state index in [1.807, 2.05) is 11.7 Å². The van der Waals surface area contributed by atoms with Crippen molar-refractivity contribution in [3.05, 3.63) is 17.5 Å². The quantitative estimate of drug-likeness (QED) is 0.660. The van der Waals surface area contributed by atoms with Gasteiger partial charge in [-0.15, -0.1) is 0 Å². The van der Waals surface area contributed by atoms with E-state index in [2.05, 4.69) is 30.0 Å². The fourth-order valence-corrected chi connectivity index (χ4v) is 2.93. The molecule has 1 aromatic rings. The molecule has 0 aromatic carbocycles. The maximum atomic E-state index is 4.58. The van der Waals surface area contributed by atoms with Crippen molar-refractivity contribution in [3.8, 4) is 0 Å². The first kappa shape index (κ1) is 8.48. The molecule has 3 heteroatoms. The van der Waals surface area contributed by atoms with Gasteiger partial charge in [0.15, 0.2) is 0 Å². The summed E-state index contributed by atoms with van der Waals surface area (Å²) in [6.07, 6.45) is 0. The van der Waals surface area contributed by atoms with Gasteiger partial charge in [-0.3, -0.25) is 4.68 Å². The van der Waals surface area contributed by atoms with Crippen molar-refractivity contribution >= 4 is 0 Å². The zero-order chi connectivity index (χ0) is 9.87. The Morgan fingerprint density at radius 3 is 2.43 bits per heavy atom. The van der Waals surface area contributed by atoms with Gasteiger partial charge in [-0.25, -0.2) is 0 Å². The Balaban J connectivity index is 1.81. The minimum absolute atomic E-state index is 0.770. The van der Waals surface area contributed by atoms with Crippen LogP contribution < -0.4 is 0 Å². The van der Waals surface area contributed by atoms with E-state index in [4.69, 9.17) is 0 Å². The molecule has 3 nitrogen and oxygen atoms in total. The number of aromatic nitrogens is 2. The number of fused-ring (bicyclic) bond motifs is 1. The van der Waals surface area contributed by atoms with Crippen molar-refractivity contribution in [1.29, 1.82) is 0 Å². The van der Waals surface area contributed by atoms with Crippen LogP contribution >= 0.6 is 0 Å². The van der Waals surface area contributed by atoms with Gasteiger partial charge in [0.2, 0.25) is 0 Å². The molecule has 2 heterocycles. The Morgan fingerprint density at radius 2 is 1.93 bits per heavy atom. The van der Waals surface area contributed by atoms with Crippen LogP contribution in [-0.4, -0.2) is 34.8 Å². The first-order chi connectivity index (χ1) is 6.66. The fraction of sp³-hybridized carbons (Fsp3) is 0.727. The molecular formula is C11H17N3. The molecule has 2 fully saturated rings. The second-order valence-electron chi connectivity index (χ2n) is 4.91. The van der Waals surface area contributed by atoms with Gasteiger partial charge in [0, 0.05) is 31.7 Å². The van der Waals surface area contributed by atoms with Gasteiger partial charge >= 0.3 is 0 Å². The van der Waals surface area contributed by atoms with Crippen LogP contribution in [-0.2, 0) is 7.05 Å². The van der Waals surface area contributed by atoms with E-state index >= 15 is 0 Å². The van der Waals surface area contributed by atoms with E-state index in [0.29, 0.717) is 0 Å². The van der Waals surface area contributed by atoms with Crippen LogP contribution in [0.25, 0.3) is 0 Å². The molecule has 2 unspecified atom stereocenters. The van der Waals surface area contributed by atoms with Crippen molar-refractivity contribution in [2.45, 2.75) is 12.8 Å². The largest absolute Gasteiger partial charge is 0.306 e. The van der Waals surface area contributed by atoms with Gasteiger partial charge in [-0.1, -0.05) is 0 Å². The molecular weight excluding hydrogens is 174 g/mol. The summed E-state index contributed by atoms with van der Waals surface area (Å²) in [6.45, 7) is 4.66. The number of piperidine rings is 1. The zero-order valence-corrected chi connectivity index (χ0v) is 9.07. The van der Waals surface area contributed by atoms with Crippen LogP contribution in [0.15, 0.2) is 6.07 Å². The summed E-state index contributed by atoms with van der Waals surface area (Å²) in [5, 5.41) is 4.58. The smallest absolute Gasteiger partial charge is 0.0664 e. The third kappa shape index (κ3) is 1.05. The van der Waals surface area contributed by atoms with Crippen LogP contribution in [0, 0.1) is 18.8 Å². The van der Waals surface area contributed by atoms with Crippen molar-refractivity contribution in [2.75, 3.05) is 20.1 Å². The lowest BCUT2D eigenvalue weighted by atomic mass is 10.2. The van der Waals surface area contributed by atoms with Gasteiger partial charge < -0.3 is 4.90 Å². The highest BCUT2D eigenvalue weighted by molar-refractivity contribution is 5.26. The molecule has 2 atom stereocenters. The summed E-state index contributed by atoms with van der Waals surface area (Å²) in [7, 11) is 4.25. The predicted molar refractivity (Wildman–Crippen MR) is 55.2 cm³/mol. The summed E-state index contributed by atoms with van der Waals surface area (Å²) in [6, 6.07) is 2.25. The number of likely N-dealkylation sites (tertiary alicyclic amines) is 1. The Bertz CT molecular complexity index is 337. The normalized spacial score (nSPS) is 36.1. The summed E-state index contributed by atoms with van der Waals surface area (Å²) >= 11 is 0. The van der Waals surface area contributed by atoms with E-state index in [9.17, 15) is 0 Å².